The van der Waals surface area contributed by atoms with Crippen molar-refractivity contribution in [2.45, 2.75) is 11.3 Å². The first-order valence-corrected chi connectivity index (χ1v) is 4.70. The number of aromatic nitrogens is 1. The molecule has 0 radical (unpaired) electrons. The van der Waals surface area contributed by atoms with Gasteiger partial charge in [-0.2, -0.15) is 11.8 Å². The van der Waals surface area contributed by atoms with Crippen molar-refractivity contribution in [3.05, 3.63) is 30.1 Å². The highest BCUT2D eigenvalue weighted by Gasteiger charge is 2.29. The normalized spacial score (nSPS) is 29.5. The molecule has 2 heterocycles. The zero-order chi connectivity index (χ0) is 7.68. The number of nitrogens with zero attached hydrogens (tertiary/aromatic N) is 1. The summed E-state index contributed by atoms with van der Waals surface area (Å²) in [5.41, 5.74) is 7.07. The Morgan fingerprint density at radius 3 is 3.00 bits per heavy atom. The summed E-state index contributed by atoms with van der Waals surface area (Å²) in [5.74, 6) is 1.08. The van der Waals surface area contributed by atoms with Crippen LogP contribution in [0.5, 0.6) is 0 Å². The van der Waals surface area contributed by atoms with Gasteiger partial charge in [0.1, 0.15) is 0 Å². The van der Waals surface area contributed by atoms with E-state index in [9.17, 15) is 0 Å². The quantitative estimate of drug-likeness (QED) is 0.681. The molecule has 2 rings (SSSR count). The fraction of sp³-hybridized carbons (Fsp3) is 0.375. The summed E-state index contributed by atoms with van der Waals surface area (Å²) in [5, 5.41) is 0.490. The molecule has 0 aliphatic carbocycles. The van der Waals surface area contributed by atoms with Gasteiger partial charge in [-0.3, -0.25) is 4.98 Å². The SMILES string of the molecule is NC1CSC1c1cccnc1. The summed E-state index contributed by atoms with van der Waals surface area (Å²) in [6, 6.07) is 4.38. The van der Waals surface area contributed by atoms with E-state index in [0.29, 0.717) is 11.3 Å². The smallest absolute Gasteiger partial charge is 0.0472 e. The Morgan fingerprint density at radius 2 is 2.55 bits per heavy atom. The Bertz CT molecular complexity index is 237. The molecular weight excluding hydrogens is 156 g/mol. The average molecular weight is 166 g/mol. The highest BCUT2D eigenvalue weighted by molar-refractivity contribution is 8.01. The van der Waals surface area contributed by atoms with Gasteiger partial charge in [-0.15, -0.1) is 0 Å². The molecule has 0 spiro atoms. The average Bonchev–Trinajstić information content (AvgIpc) is 2.04. The molecule has 0 aromatic carbocycles. The van der Waals surface area contributed by atoms with Crippen molar-refractivity contribution in [1.29, 1.82) is 0 Å². The summed E-state index contributed by atoms with van der Waals surface area (Å²) >= 11 is 1.90. The molecule has 2 unspecified atom stereocenters. The van der Waals surface area contributed by atoms with Crippen LogP contribution in [0.4, 0.5) is 0 Å². The largest absolute Gasteiger partial charge is 0.326 e. The van der Waals surface area contributed by atoms with Gasteiger partial charge in [-0.1, -0.05) is 6.07 Å². The second-order valence-corrected chi connectivity index (χ2v) is 3.88. The van der Waals surface area contributed by atoms with Crippen LogP contribution in [0.1, 0.15) is 10.8 Å². The van der Waals surface area contributed by atoms with Crippen LogP contribution in [-0.4, -0.2) is 16.8 Å². The molecule has 58 valence electrons. The number of pyridine rings is 1. The molecule has 1 aromatic heterocycles. The van der Waals surface area contributed by atoms with E-state index in [4.69, 9.17) is 5.73 Å². The van der Waals surface area contributed by atoms with Gasteiger partial charge in [-0.05, 0) is 11.6 Å². The fourth-order valence-corrected chi connectivity index (χ4v) is 2.13. The molecule has 0 bridgehead atoms. The van der Waals surface area contributed by atoms with E-state index in [0.717, 1.165) is 5.75 Å². The van der Waals surface area contributed by atoms with Crippen molar-refractivity contribution in [1.82, 2.24) is 4.98 Å². The van der Waals surface area contributed by atoms with Crippen LogP contribution >= 0.6 is 11.8 Å². The maximum atomic E-state index is 5.81. The van der Waals surface area contributed by atoms with Crippen molar-refractivity contribution in [3.8, 4) is 0 Å². The molecule has 1 aliphatic heterocycles. The van der Waals surface area contributed by atoms with Gasteiger partial charge >= 0.3 is 0 Å². The van der Waals surface area contributed by atoms with Gasteiger partial charge < -0.3 is 5.73 Å². The van der Waals surface area contributed by atoms with Gasteiger partial charge in [-0.25, -0.2) is 0 Å². The van der Waals surface area contributed by atoms with E-state index < -0.39 is 0 Å². The lowest BCUT2D eigenvalue weighted by Gasteiger charge is -2.32. The Balaban J connectivity index is 2.17. The van der Waals surface area contributed by atoms with Gasteiger partial charge in [0.05, 0.1) is 0 Å². The van der Waals surface area contributed by atoms with Crippen molar-refractivity contribution in [2.75, 3.05) is 5.75 Å². The first-order valence-electron chi connectivity index (χ1n) is 3.65. The molecule has 1 saturated heterocycles. The first kappa shape index (κ1) is 7.13. The van der Waals surface area contributed by atoms with Crippen molar-refractivity contribution < 1.29 is 0 Å². The van der Waals surface area contributed by atoms with E-state index >= 15 is 0 Å². The van der Waals surface area contributed by atoms with E-state index in [1.807, 2.05) is 24.0 Å². The molecule has 3 heteroatoms. The van der Waals surface area contributed by atoms with E-state index in [-0.39, 0.29) is 0 Å². The molecule has 0 amide bonds. The third-order valence-electron chi connectivity index (χ3n) is 1.87. The minimum Gasteiger partial charge on any atom is -0.326 e. The van der Waals surface area contributed by atoms with Gasteiger partial charge in [0.25, 0.3) is 0 Å². The Labute approximate surface area is 70.2 Å². The van der Waals surface area contributed by atoms with Crippen LogP contribution in [0, 0.1) is 0 Å². The molecule has 11 heavy (non-hydrogen) atoms. The summed E-state index contributed by atoms with van der Waals surface area (Å²) in [7, 11) is 0. The predicted molar refractivity (Wildman–Crippen MR) is 47.4 cm³/mol. The van der Waals surface area contributed by atoms with E-state index in [1.165, 1.54) is 5.56 Å². The molecule has 0 saturated carbocycles. The summed E-state index contributed by atoms with van der Waals surface area (Å²) in [4.78, 5) is 4.05. The summed E-state index contributed by atoms with van der Waals surface area (Å²) < 4.78 is 0. The Kier molecular flexibility index (Phi) is 1.84. The van der Waals surface area contributed by atoms with Crippen LogP contribution in [0.3, 0.4) is 0 Å². The lowest BCUT2D eigenvalue weighted by molar-refractivity contribution is 0.685. The monoisotopic (exact) mass is 166 g/mol. The zero-order valence-electron chi connectivity index (χ0n) is 6.10. The molecular formula is C8H10N2S. The third kappa shape index (κ3) is 1.26. The van der Waals surface area contributed by atoms with Crippen LogP contribution in [-0.2, 0) is 0 Å². The minimum atomic E-state index is 0.337. The number of rotatable bonds is 1. The lowest BCUT2D eigenvalue weighted by atomic mass is 10.1. The van der Waals surface area contributed by atoms with Crippen LogP contribution in [0.15, 0.2) is 24.5 Å². The lowest BCUT2D eigenvalue weighted by Crippen LogP contribution is -2.37. The molecule has 2 N–H and O–H groups in total. The molecule has 1 fully saturated rings. The third-order valence-corrected chi connectivity index (χ3v) is 3.43. The zero-order valence-corrected chi connectivity index (χ0v) is 6.92. The number of hydrogen-bond acceptors (Lipinski definition) is 3. The van der Waals surface area contributed by atoms with Crippen molar-refractivity contribution in [2.24, 2.45) is 5.73 Å². The maximum Gasteiger partial charge on any atom is 0.0472 e. The van der Waals surface area contributed by atoms with Gasteiger partial charge in [0.2, 0.25) is 0 Å². The number of thioether (sulfide) groups is 1. The number of hydrogen-bond donors (Lipinski definition) is 1. The predicted octanol–water partition coefficient (Wildman–Crippen LogP) is 1.20. The highest BCUT2D eigenvalue weighted by Crippen LogP contribution is 2.40. The Hall–Kier alpha value is -0.540. The van der Waals surface area contributed by atoms with Gasteiger partial charge in [0, 0.05) is 29.4 Å². The summed E-state index contributed by atoms with van der Waals surface area (Å²) in [6.07, 6.45) is 3.69. The van der Waals surface area contributed by atoms with E-state index in [2.05, 4.69) is 11.1 Å². The highest BCUT2D eigenvalue weighted by atomic mass is 32.2. The summed E-state index contributed by atoms with van der Waals surface area (Å²) in [6.45, 7) is 0. The van der Waals surface area contributed by atoms with E-state index in [1.54, 1.807) is 6.20 Å². The standard InChI is InChI=1S/C8H10N2S/c9-7-5-11-8(7)6-2-1-3-10-4-6/h1-4,7-8H,5,9H2. The van der Waals surface area contributed by atoms with Crippen LogP contribution in [0.25, 0.3) is 0 Å². The van der Waals surface area contributed by atoms with Gasteiger partial charge in [0.15, 0.2) is 0 Å². The maximum absolute atomic E-state index is 5.81. The second kappa shape index (κ2) is 2.83. The molecule has 1 aliphatic rings. The topological polar surface area (TPSA) is 38.9 Å². The van der Waals surface area contributed by atoms with Crippen molar-refractivity contribution in [3.63, 3.8) is 0 Å². The number of nitrogens with two attached hydrogens (primary N) is 1. The van der Waals surface area contributed by atoms with Crippen LogP contribution in [0.2, 0.25) is 0 Å². The second-order valence-electron chi connectivity index (χ2n) is 2.70. The van der Waals surface area contributed by atoms with Crippen LogP contribution < -0.4 is 5.73 Å². The molecule has 2 atom stereocenters. The van der Waals surface area contributed by atoms with Crippen molar-refractivity contribution >= 4 is 11.8 Å². The minimum absolute atomic E-state index is 0.337. The fourth-order valence-electron chi connectivity index (χ4n) is 1.19. The first-order chi connectivity index (χ1) is 5.38. The molecule has 1 aromatic rings. The Morgan fingerprint density at radius 1 is 1.64 bits per heavy atom. The molecule has 2 nitrogen and oxygen atoms in total.